The van der Waals surface area contributed by atoms with Crippen LogP contribution in [0.3, 0.4) is 0 Å². The van der Waals surface area contributed by atoms with Gasteiger partial charge in [-0.3, -0.25) is 0 Å². The Kier molecular flexibility index (Phi) is 3.33. The van der Waals surface area contributed by atoms with E-state index in [9.17, 15) is 5.11 Å². The Morgan fingerprint density at radius 2 is 1.88 bits per heavy atom. The van der Waals surface area contributed by atoms with Crippen LogP contribution in [0.5, 0.6) is 5.75 Å². The predicted molar refractivity (Wildman–Crippen MR) is 68.3 cm³/mol. The highest BCUT2D eigenvalue weighted by Crippen LogP contribution is 2.33. The fourth-order valence-electron chi connectivity index (χ4n) is 2.40. The van der Waals surface area contributed by atoms with Crippen LogP contribution in [0.4, 0.5) is 0 Å². The van der Waals surface area contributed by atoms with E-state index in [1.807, 2.05) is 12.1 Å². The van der Waals surface area contributed by atoms with Crippen LogP contribution in [0.15, 0.2) is 30.3 Å². The average Bonchev–Trinajstić information content (AvgIpc) is 2.30. The van der Waals surface area contributed by atoms with Crippen molar-refractivity contribution in [2.45, 2.75) is 33.1 Å². The molecule has 0 aliphatic heterocycles. The third kappa shape index (κ3) is 2.46. The molecule has 86 valence electrons. The largest absolute Gasteiger partial charge is 0.508 e. The first-order chi connectivity index (χ1) is 7.66. The summed E-state index contributed by atoms with van der Waals surface area (Å²) in [5.41, 5.74) is 2.71. The molecule has 1 aromatic rings. The molecule has 1 nitrogen and oxygen atoms in total. The zero-order valence-corrected chi connectivity index (χ0v) is 10.1. The second-order valence-corrected chi connectivity index (χ2v) is 5.05. The molecule has 0 spiro atoms. The lowest BCUT2D eigenvalue weighted by molar-refractivity contribution is 0.359. The van der Waals surface area contributed by atoms with Crippen molar-refractivity contribution in [3.63, 3.8) is 0 Å². The first-order valence-corrected chi connectivity index (χ1v) is 6.15. The number of phenolic OH excluding ortho intramolecular Hbond substituents is 1. The van der Waals surface area contributed by atoms with Crippen molar-refractivity contribution in [1.82, 2.24) is 0 Å². The van der Waals surface area contributed by atoms with Crippen LogP contribution in [0.2, 0.25) is 0 Å². The van der Waals surface area contributed by atoms with E-state index < -0.39 is 0 Å². The third-order valence-electron chi connectivity index (χ3n) is 3.63. The molecular formula is C15H20O. The van der Waals surface area contributed by atoms with Gasteiger partial charge >= 0.3 is 0 Å². The summed E-state index contributed by atoms with van der Waals surface area (Å²) >= 11 is 0. The van der Waals surface area contributed by atoms with Crippen molar-refractivity contribution in [2.24, 2.45) is 11.8 Å². The number of hydrogen-bond acceptors (Lipinski definition) is 1. The van der Waals surface area contributed by atoms with Crippen LogP contribution in [-0.2, 0) is 0 Å². The molecule has 0 fully saturated rings. The highest BCUT2D eigenvalue weighted by molar-refractivity contribution is 5.66. The molecule has 0 amide bonds. The highest BCUT2D eigenvalue weighted by atomic mass is 16.3. The lowest BCUT2D eigenvalue weighted by Gasteiger charge is -2.25. The van der Waals surface area contributed by atoms with Crippen molar-refractivity contribution >= 4 is 5.57 Å². The molecule has 1 unspecified atom stereocenters. The van der Waals surface area contributed by atoms with Crippen LogP contribution in [0.25, 0.3) is 5.57 Å². The predicted octanol–water partition coefficient (Wildman–Crippen LogP) is 4.23. The second kappa shape index (κ2) is 4.73. The third-order valence-corrected chi connectivity index (χ3v) is 3.63. The molecule has 1 N–H and O–H groups in total. The molecule has 1 aliphatic carbocycles. The normalized spacial score (nSPS) is 20.9. The van der Waals surface area contributed by atoms with Gasteiger partial charge in [0.15, 0.2) is 0 Å². The summed E-state index contributed by atoms with van der Waals surface area (Å²) < 4.78 is 0. The number of rotatable bonds is 2. The number of aromatic hydroxyl groups is 1. The maximum Gasteiger partial charge on any atom is 0.115 e. The molecular weight excluding hydrogens is 196 g/mol. The number of benzene rings is 1. The first-order valence-electron chi connectivity index (χ1n) is 6.15. The quantitative estimate of drug-likeness (QED) is 0.784. The van der Waals surface area contributed by atoms with Crippen molar-refractivity contribution in [1.29, 1.82) is 0 Å². The molecule has 16 heavy (non-hydrogen) atoms. The van der Waals surface area contributed by atoms with Crippen molar-refractivity contribution in [2.75, 3.05) is 0 Å². The number of phenols is 1. The number of hydrogen-bond donors (Lipinski definition) is 1. The van der Waals surface area contributed by atoms with Gasteiger partial charge in [0, 0.05) is 0 Å². The molecule has 2 rings (SSSR count). The molecule has 1 atom stereocenters. The maximum absolute atomic E-state index is 9.25. The van der Waals surface area contributed by atoms with Crippen LogP contribution in [0, 0.1) is 11.8 Å². The lowest BCUT2D eigenvalue weighted by atomic mass is 9.81. The van der Waals surface area contributed by atoms with Gasteiger partial charge in [-0.15, -0.1) is 0 Å². The monoisotopic (exact) mass is 216 g/mol. The van der Waals surface area contributed by atoms with E-state index >= 15 is 0 Å². The summed E-state index contributed by atoms with van der Waals surface area (Å²) in [4.78, 5) is 0. The number of allylic oxidation sites excluding steroid dienone is 2. The fourth-order valence-corrected chi connectivity index (χ4v) is 2.40. The van der Waals surface area contributed by atoms with Crippen LogP contribution >= 0.6 is 0 Å². The summed E-state index contributed by atoms with van der Waals surface area (Å²) in [7, 11) is 0. The van der Waals surface area contributed by atoms with Crippen LogP contribution < -0.4 is 0 Å². The van der Waals surface area contributed by atoms with Crippen molar-refractivity contribution in [3.05, 3.63) is 35.9 Å². The van der Waals surface area contributed by atoms with E-state index in [4.69, 9.17) is 0 Å². The Balaban J connectivity index is 2.10. The van der Waals surface area contributed by atoms with Gasteiger partial charge in [0.1, 0.15) is 5.75 Å². The van der Waals surface area contributed by atoms with Gasteiger partial charge in [0.25, 0.3) is 0 Å². The Bertz CT molecular complexity index is 373. The van der Waals surface area contributed by atoms with E-state index in [0.717, 1.165) is 11.8 Å². The van der Waals surface area contributed by atoms with E-state index in [1.54, 1.807) is 12.1 Å². The highest BCUT2D eigenvalue weighted by Gasteiger charge is 2.17. The van der Waals surface area contributed by atoms with Gasteiger partial charge < -0.3 is 5.11 Å². The van der Waals surface area contributed by atoms with Gasteiger partial charge in [-0.25, -0.2) is 0 Å². The minimum atomic E-state index is 0.347. The molecule has 1 heteroatoms. The molecule has 0 bridgehead atoms. The molecule has 0 radical (unpaired) electrons. The molecule has 1 aromatic carbocycles. The minimum absolute atomic E-state index is 0.347. The van der Waals surface area contributed by atoms with Gasteiger partial charge in [-0.2, -0.15) is 0 Å². The molecule has 0 aromatic heterocycles. The molecule has 0 saturated heterocycles. The summed E-state index contributed by atoms with van der Waals surface area (Å²) in [5.74, 6) is 1.98. The fraction of sp³-hybridized carbons (Fsp3) is 0.467. The van der Waals surface area contributed by atoms with Crippen molar-refractivity contribution < 1.29 is 5.11 Å². The molecule has 0 heterocycles. The Hall–Kier alpha value is -1.24. The summed E-state index contributed by atoms with van der Waals surface area (Å²) in [6.45, 7) is 4.62. The zero-order valence-electron chi connectivity index (χ0n) is 10.1. The van der Waals surface area contributed by atoms with E-state index in [2.05, 4.69) is 19.9 Å². The Morgan fingerprint density at radius 3 is 2.38 bits per heavy atom. The van der Waals surface area contributed by atoms with Gasteiger partial charge in [0.2, 0.25) is 0 Å². The Labute approximate surface area is 97.8 Å². The standard InChI is InChI=1S/C15H20O/c1-11(2)12-3-5-13(6-4-12)14-7-9-15(16)10-8-14/h5,7-12,16H,3-4,6H2,1-2H3. The smallest absolute Gasteiger partial charge is 0.115 e. The van der Waals surface area contributed by atoms with Gasteiger partial charge in [0.05, 0.1) is 0 Å². The van der Waals surface area contributed by atoms with Gasteiger partial charge in [-0.1, -0.05) is 32.1 Å². The molecule has 1 aliphatic rings. The SMILES string of the molecule is CC(C)C1CC=C(c2ccc(O)cc2)CC1. The Morgan fingerprint density at radius 1 is 1.19 bits per heavy atom. The van der Waals surface area contributed by atoms with E-state index in [-0.39, 0.29) is 0 Å². The topological polar surface area (TPSA) is 20.2 Å². The first kappa shape index (κ1) is 11.3. The average molecular weight is 216 g/mol. The maximum atomic E-state index is 9.25. The minimum Gasteiger partial charge on any atom is -0.508 e. The second-order valence-electron chi connectivity index (χ2n) is 5.05. The summed E-state index contributed by atoms with van der Waals surface area (Å²) in [5, 5.41) is 9.25. The lowest BCUT2D eigenvalue weighted by Crippen LogP contribution is -2.11. The van der Waals surface area contributed by atoms with Crippen LogP contribution in [-0.4, -0.2) is 5.11 Å². The molecule has 0 saturated carbocycles. The summed E-state index contributed by atoms with van der Waals surface area (Å²) in [6.07, 6.45) is 6.05. The summed E-state index contributed by atoms with van der Waals surface area (Å²) in [6, 6.07) is 7.56. The van der Waals surface area contributed by atoms with Crippen molar-refractivity contribution in [3.8, 4) is 5.75 Å². The van der Waals surface area contributed by atoms with E-state index in [1.165, 1.54) is 30.4 Å². The van der Waals surface area contributed by atoms with E-state index in [0.29, 0.717) is 5.75 Å². The van der Waals surface area contributed by atoms with Gasteiger partial charge in [-0.05, 0) is 54.4 Å². The zero-order chi connectivity index (χ0) is 11.5. The van der Waals surface area contributed by atoms with Crippen LogP contribution in [0.1, 0.15) is 38.7 Å².